The van der Waals surface area contributed by atoms with Crippen LogP contribution in [0.2, 0.25) is 0 Å². The summed E-state index contributed by atoms with van der Waals surface area (Å²) in [5.74, 6) is 0.349. The largest absolute Gasteiger partial charge is 0.390 e. The number of nitrogens with zero attached hydrogens (tertiary/aromatic N) is 1. The van der Waals surface area contributed by atoms with E-state index < -0.39 is 0 Å². The zero-order chi connectivity index (χ0) is 11.8. The third-order valence-electron chi connectivity index (χ3n) is 2.50. The van der Waals surface area contributed by atoms with Crippen molar-refractivity contribution >= 4 is 5.78 Å². The lowest BCUT2D eigenvalue weighted by atomic mass is 10.1. The lowest BCUT2D eigenvalue weighted by molar-refractivity contribution is -0.119. The third kappa shape index (κ3) is 4.53. The Bertz CT molecular complexity index is 319. The van der Waals surface area contributed by atoms with Crippen LogP contribution in [0, 0.1) is 0 Å². The van der Waals surface area contributed by atoms with Crippen LogP contribution in [0.1, 0.15) is 43.9 Å². The second kappa shape index (κ2) is 7.12. The molecule has 0 aliphatic heterocycles. The van der Waals surface area contributed by atoms with Crippen molar-refractivity contribution in [2.45, 2.75) is 45.6 Å². The fourth-order valence-electron chi connectivity index (χ4n) is 1.59. The molecular formula is C13H19NO2. The summed E-state index contributed by atoms with van der Waals surface area (Å²) in [6.07, 6.45) is 5.84. The predicted octanol–water partition coefficient (Wildman–Crippen LogP) is 2.27. The van der Waals surface area contributed by atoms with Crippen molar-refractivity contribution in [2.24, 2.45) is 0 Å². The Labute approximate surface area is 96.5 Å². The zero-order valence-electron chi connectivity index (χ0n) is 9.78. The van der Waals surface area contributed by atoms with Gasteiger partial charge in [-0.1, -0.05) is 13.0 Å². The van der Waals surface area contributed by atoms with E-state index in [-0.39, 0.29) is 6.61 Å². The highest BCUT2D eigenvalue weighted by Crippen LogP contribution is 2.07. The van der Waals surface area contributed by atoms with Gasteiger partial charge >= 0.3 is 0 Å². The SMILES string of the molecule is CCCC(=O)CCCc1ccc(CO)nc1. The number of hydrogen-bond acceptors (Lipinski definition) is 3. The van der Waals surface area contributed by atoms with Crippen LogP contribution in [-0.4, -0.2) is 15.9 Å². The molecule has 0 spiro atoms. The first-order valence-electron chi connectivity index (χ1n) is 5.82. The molecular weight excluding hydrogens is 202 g/mol. The van der Waals surface area contributed by atoms with Gasteiger partial charge in [0.15, 0.2) is 0 Å². The monoisotopic (exact) mass is 221 g/mol. The van der Waals surface area contributed by atoms with Crippen molar-refractivity contribution < 1.29 is 9.90 Å². The van der Waals surface area contributed by atoms with Crippen LogP contribution < -0.4 is 0 Å². The van der Waals surface area contributed by atoms with Gasteiger partial charge in [0, 0.05) is 19.0 Å². The van der Waals surface area contributed by atoms with Gasteiger partial charge in [-0.15, -0.1) is 0 Å². The van der Waals surface area contributed by atoms with Gasteiger partial charge < -0.3 is 5.11 Å². The van der Waals surface area contributed by atoms with Gasteiger partial charge in [0.1, 0.15) is 5.78 Å². The molecule has 0 aliphatic carbocycles. The van der Waals surface area contributed by atoms with Gasteiger partial charge in [0.25, 0.3) is 0 Å². The molecule has 16 heavy (non-hydrogen) atoms. The van der Waals surface area contributed by atoms with Crippen LogP contribution in [0.3, 0.4) is 0 Å². The number of Topliss-reactive ketones (excluding diaryl/α,β-unsaturated/α-hetero) is 1. The summed E-state index contributed by atoms with van der Waals surface area (Å²) in [6.45, 7) is 2.00. The molecule has 1 heterocycles. The van der Waals surface area contributed by atoms with Crippen molar-refractivity contribution in [2.75, 3.05) is 0 Å². The second-order valence-corrected chi connectivity index (χ2v) is 3.96. The molecule has 0 aliphatic rings. The highest BCUT2D eigenvalue weighted by Gasteiger charge is 2.01. The average Bonchev–Trinajstić information content (AvgIpc) is 2.30. The van der Waals surface area contributed by atoms with Crippen molar-refractivity contribution in [3.63, 3.8) is 0 Å². The minimum atomic E-state index is -0.0186. The van der Waals surface area contributed by atoms with E-state index in [1.54, 1.807) is 6.20 Å². The van der Waals surface area contributed by atoms with Crippen LogP contribution >= 0.6 is 0 Å². The summed E-state index contributed by atoms with van der Waals surface area (Å²) in [4.78, 5) is 15.4. The summed E-state index contributed by atoms with van der Waals surface area (Å²) in [7, 11) is 0. The molecule has 3 nitrogen and oxygen atoms in total. The van der Waals surface area contributed by atoms with Crippen LogP contribution in [-0.2, 0) is 17.8 Å². The number of carbonyl (C=O) groups is 1. The number of aromatic nitrogens is 1. The standard InChI is InChI=1S/C13H19NO2/c1-2-4-13(16)6-3-5-11-7-8-12(10-15)14-9-11/h7-9,15H,2-6,10H2,1H3. The molecule has 0 bridgehead atoms. The molecule has 88 valence electrons. The van der Waals surface area contributed by atoms with E-state index in [2.05, 4.69) is 4.98 Å². The Morgan fingerprint density at radius 3 is 2.75 bits per heavy atom. The highest BCUT2D eigenvalue weighted by molar-refractivity contribution is 5.78. The Hall–Kier alpha value is -1.22. The number of aliphatic hydroxyl groups is 1. The predicted molar refractivity (Wildman–Crippen MR) is 63.0 cm³/mol. The number of hydrogen-bond donors (Lipinski definition) is 1. The van der Waals surface area contributed by atoms with Crippen LogP contribution in [0.5, 0.6) is 0 Å². The van der Waals surface area contributed by atoms with E-state index in [0.717, 1.165) is 24.8 Å². The quantitative estimate of drug-likeness (QED) is 0.768. The number of rotatable bonds is 7. The first-order valence-corrected chi connectivity index (χ1v) is 5.82. The summed E-state index contributed by atoms with van der Waals surface area (Å²) < 4.78 is 0. The number of aryl methyl sites for hydroxylation is 1. The number of aliphatic hydroxyl groups excluding tert-OH is 1. The molecule has 0 amide bonds. The minimum absolute atomic E-state index is 0.0186. The minimum Gasteiger partial charge on any atom is -0.390 e. The van der Waals surface area contributed by atoms with Crippen LogP contribution in [0.4, 0.5) is 0 Å². The molecule has 0 radical (unpaired) electrons. The van der Waals surface area contributed by atoms with Crippen LogP contribution in [0.25, 0.3) is 0 Å². The smallest absolute Gasteiger partial charge is 0.132 e. The van der Waals surface area contributed by atoms with Crippen molar-refractivity contribution in [1.29, 1.82) is 0 Å². The van der Waals surface area contributed by atoms with Gasteiger partial charge in [-0.2, -0.15) is 0 Å². The number of carbonyl (C=O) groups excluding carboxylic acids is 1. The summed E-state index contributed by atoms with van der Waals surface area (Å²) in [5, 5.41) is 8.83. The average molecular weight is 221 g/mol. The Morgan fingerprint density at radius 1 is 1.38 bits per heavy atom. The third-order valence-corrected chi connectivity index (χ3v) is 2.50. The number of ketones is 1. The maximum Gasteiger partial charge on any atom is 0.132 e. The first kappa shape index (κ1) is 12.8. The summed E-state index contributed by atoms with van der Waals surface area (Å²) in [6, 6.07) is 3.78. The molecule has 0 saturated carbocycles. The first-order chi connectivity index (χ1) is 7.76. The molecule has 0 atom stereocenters. The molecule has 0 fully saturated rings. The second-order valence-electron chi connectivity index (χ2n) is 3.96. The lowest BCUT2D eigenvalue weighted by Crippen LogP contribution is -1.98. The van der Waals surface area contributed by atoms with Crippen LogP contribution in [0.15, 0.2) is 18.3 Å². The lowest BCUT2D eigenvalue weighted by Gasteiger charge is -2.01. The fraction of sp³-hybridized carbons (Fsp3) is 0.538. The maximum atomic E-state index is 11.3. The van der Waals surface area contributed by atoms with E-state index >= 15 is 0 Å². The highest BCUT2D eigenvalue weighted by atomic mass is 16.3. The Kier molecular flexibility index (Phi) is 5.72. The maximum absolute atomic E-state index is 11.3. The van der Waals surface area contributed by atoms with Gasteiger partial charge in [-0.05, 0) is 30.9 Å². The molecule has 1 N–H and O–H groups in total. The molecule has 1 aromatic heterocycles. The molecule has 3 heteroatoms. The Balaban J connectivity index is 2.29. The fourth-order valence-corrected chi connectivity index (χ4v) is 1.59. The van der Waals surface area contributed by atoms with E-state index in [4.69, 9.17) is 5.11 Å². The van der Waals surface area contributed by atoms with Crippen molar-refractivity contribution in [3.8, 4) is 0 Å². The summed E-state index contributed by atoms with van der Waals surface area (Å²) >= 11 is 0. The Morgan fingerprint density at radius 2 is 2.19 bits per heavy atom. The van der Waals surface area contributed by atoms with Crippen molar-refractivity contribution in [1.82, 2.24) is 4.98 Å². The number of pyridine rings is 1. The van der Waals surface area contributed by atoms with E-state index in [1.165, 1.54) is 0 Å². The normalized spacial score (nSPS) is 10.4. The molecule has 0 unspecified atom stereocenters. The van der Waals surface area contributed by atoms with Gasteiger partial charge in [-0.25, -0.2) is 0 Å². The van der Waals surface area contributed by atoms with E-state index in [1.807, 2.05) is 19.1 Å². The molecule has 0 saturated heterocycles. The van der Waals surface area contributed by atoms with Gasteiger partial charge in [-0.3, -0.25) is 9.78 Å². The van der Waals surface area contributed by atoms with Gasteiger partial charge in [0.05, 0.1) is 12.3 Å². The molecule has 0 aromatic carbocycles. The zero-order valence-corrected chi connectivity index (χ0v) is 9.78. The molecule has 1 rings (SSSR count). The van der Waals surface area contributed by atoms with E-state index in [9.17, 15) is 4.79 Å². The topological polar surface area (TPSA) is 50.2 Å². The van der Waals surface area contributed by atoms with E-state index in [0.29, 0.717) is 24.3 Å². The summed E-state index contributed by atoms with van der Waals surface area (Å²) in [5.41, 5.74) is 1.81. The van der Waals surface area contributed by atoms with Crippen molar-refractivity contribution in [3.05, 3.63) is 29.6 Å². The van der Waals surface area contributed by atoms with Gasteiger partial charge in [0.2, 0.25) is 0 Å². The molecule has 1 aromatic rings.